The lowest BCUT2D eigenvalue weighted by Gasteiger charge is -2.34. The van der Waals surface area contributed by atoms with Crippen molar-refractivity contribution in [3.05, 3.63) is 33.9 Å². The first kappa shape index (κ1) is 15.7. The van der Waals surface area contributed by atoms with Gasteiger partial charge in [0.2, 0.25) is 5.91 Å². The lowest BCUT2D eigenvalue weighted by atomic mass is 9.79. The highest BCUT2D eigenvalue weighted by Crippen LogP contribution is 2.32. The molecule has 0 atom stereocenters. The first-order chi connectivity index (χ1) is 10.5. The second kappa shape index (κ2) is 6.41. The molecule has 1 fully saturated rings. The molecule has 0 aliphatic carbocycles. The molecule has 0 unspecified atom stereocenters. The number of nitro groups is 1. The van der Waals surface area contributed by atoms with E-state index in [-0.39, 0.29) is 23.5 Å². The Bertz CT molecular complexity index is 632. The van der Waals surface area contributed by atoms with Crippen LogP contribution in [0.5, 0.6) is 0 Å². The second-order valence-electron chi connectivity index (χ2n) is 5.21. The molecular formula is C14H16N4O4. The molecule has 1 aromatic carbocycles. The summed E-state index contributed by atoms with van der Waals surface area (Å²) in [7, 11) is 0. The number of anilines is 1. The number of ether oxygens (including phenoxy) is 1. The molecule has 0 radical (unpaired) electrons. The van der Waals surface area contributed by atoms with E-state index in [9.17, 15) is 14.9 Å². The van der Waals surface area contributed by atoms with Crippen LogP contribution in [0.1, 0.15) is 18.4 Å². The summed E-state index contributed by atoms with van der Waals surface area (Å²) in [5.41, 5.74) is 4.98. The molecule has 3 N–H and O–H groups in total. The Kier molecular flexibility index (Phi) is 4.58. The van der Waals surface area contributed by atoms with Crippen LogP contribution >= 0.6 is 0 Å². The van der Waals surface area contributed by atoms with E-state index in [1.54, 1.807) is 0 Å². The van der Waals surface area contributed by atoms with E-state index in [2.05, 4.69) is 5.32 Å². The van der Waals surface area contributed by atoms with E-state index >= 15 is 0 Å². The van der Waals surface area contributed by atoms with E-state index in [1.807, 2.05) is 6.07 Å². The number of benzene rings is 1. The lowest BCUT2D eigenvalue weighted by molar-refractivity contribution is -0.384. The van der Waals surface area contributed by atoms with Crippen molar-refractivity contribution < 1.29 is 14.5 Å². The first-order valence-corrected chi connectivity index (χ1v) is 6.78. The highest BCUT2D eigenvalue weighted by molar-refractivity contribution is 5.82. The van der Waals surface area contributed by atoms with Crippen molar-refractivity contribution in [2.45, 2.75) is 12.8 Å². The van der Waals surface area contributed by atoms with Gasteiger partial charge in [-0.15, -0.1) is 0 Å². The quantitative estimate of drug-likeness (QED) is 0.619. The fraction of sp³-hybridized carbons (Fsp3) is 0.429. The number of nitriles is 1. The van der Waals surface area contributed by atoms with Crippen LogP contribution in [0, 0.1) is 26.9 Å². The van der Waals surface area contributed by atoms with E-state index in [4.69, 9.17) is 15.7 Å². The van der Waals surface area contributed by atoms with Gasteiger partial charge < -0.3 is 15.8 Å². The van der Waals surface area contributed by atoms with Crippen LogP contribution in [-0.2, 0) is 9.53 Å². The average Bonchev–Trinajstić information content (AvgIpc) is 2.53. The van der Waals surface area contributed by atoms with E-state index in [1.165, 1.54) is 18.2 Å². The molecule has 22 heavy (non-hydrogen) atoms. The van der Waals surface area contributed by atoms with Crippen molar-refractivity contribution in [2.24, 2.45) is 11.1 Å². The Hall–Kier alpha value is -2.66. The third-order valence-corrected chi connectivity index (χ3v) is 3.91. The molecule has 1 aromatic rings. The van der Waals surface area contributed by atoms with Crippen LogP contribution in [0.4, 0.5) is 11.4 Å². The minimum Gasteiger partial charge on any atom is -0.381 e. The van der Waals surface area contributed by atoms with E-state index in [0.29, 0.717) is 26.1 Å². The number of nitrogens with one attached hydrogen (secondary N) is 1. The van der Waals surface area contributed by atoms with Crippen molar-refractivity contribution in [3.63, 3.8) is 0 Å². The molecule has 0 aromatic heterocycles. The van der Waals surface area contributed by atoms with Gasteiger partial charge in [0.25, 0.3) is 5.69 Å². The molecule has 8 nitrogen and oxygen atoms in total. The molecule has 1 saturated heterocycles. The molecule has 0 spiro atoms. The SMILES string of the molecule is N#Cc1ccc(NCC2(C(N)=O)CCOCC2)c([N+](=O)[O-])c1. The Morgan fingerprint density at radius 3 is 2.73 bits per heavy atom. The smallest absolute Gasteiger partial charge is 0.293 e. The van der Waals surface area contributed by atoms with E-state index < -0.39 is 16.2 Å². The fourth-order valence-electron chi connectivity index (χ4n) is 2.44. The zero-order chi connectivity index (χ0) is 16.2. The molecular weight excluding hydrogens is 288 g/mol. The van der Waals surface area contributed by atoms with Crippen LogP contribution in [0.15, 0.2) is 18.2 Å². The number of rotatable bonds is 5. The standard InChI is InChI=1S/C14H16N4O4/c15-8-10-1-2-11(12(7-10)18(20)21)17-9-14(13(16)19)3-5-22-6-4-14/h1-2,7,17H,3-6,9H2,(H2,16,19). The van der Waals surface area contributed by atoms with Crippen LogP contribution in [0.25, 0.3) is 0 Å². The van der Waals surface area contributed by atoms with Crippen LogP contribution in [0.3, 0.4) is 0 Å². The van der Waals surface area contributed by atoms with Crippen molar-refractivity contribution >= 4 is 17.3 Å². The molecule has 116 valence electrons. The van der Waals surface area contributed by atoms with Gasteiger partial charge in [-0.25, -0.2) is 0 Å². The molecule has 2 rings (SSSR count). The van der Waals surface area contributed by atoms with Gasteiger partial charge in [-0.1, -0.05) is 0 Å². The number of carbonyl (C=O) groups is 1. The van der Waals surface area contributed by atoms with Gasteiger partial charge in [0.15, 0.2) is 0 Å². The van der Waals surface area contributed by atoms with Gasteiger partial charge in [0.05, 0.1) is 22.0 Å². The van der Waals surface area contributed by atoms with Crippen LogP contribution in [0.2, 0.25) is 0 Å². The maximum Gasteiger partial charge on any atom is 0.293 e. The third-order valence-electron chi connectivity index (χ3n) is 3.91. The molecule has 0 saturated carbocycles. The van der Waals surface area contributed by atoms with Gasteiger partial charge in [-0.2, -0.15) is 5.26 Å². The summed E-state index contributed by atoms with van der Waals surface area (Å²) in [5.74, 6) is -0.445. The van der Waals surface area contributed by atoms with Gasteiger partial charge >= 0.3 is 0 Å². The minimum absolute atomic E-state index is 0.193. The number of nitrogens with two attached hydrogens (primary N) is 1. The summed E-state index contributed by atoms with van der Waals surface area (Å²) < 4.78 is 5.24. The van der Waals surface area contributed by atoms with Gasteiger partial charge in [-0.3, -0.25) is 14.9 Å². The number of hydrogen-bond acceptors (Lipinski definition) is 6. The lowest BCUT2D eigenvalue weighted by Crippen LogP contribution is -2.46. The fourth-order valence-corrected chi connectivity index (χ4v) is 2.44. The molecule has 1 heterocycles. The minimum atomic E-state index is -0.778. The zero-order valence-electron chi connectivity index (χ0n) is 11.9. The third kappa shape index (κ3) is 3.15. The normalized spacial score (nSPS) is 16.5. The Morgan fingerprint density at radius 2 is 2.18 bits per heavy atom. The monoisotopic (exact) mass is 304 g/mol. The van der Waals surface area contributed by atoms with Gasteiger partial charge in [-0.05, 0) is 25.0 Å². The number of nitro benzene ring substituents is 1. The summed E-state index contributed by atoms with van der Waals surface area (Å²) in [5, 5.41) is 22.8. The van der Waals surface area contributed by atoms with Crippen molar-refractivity contribution in [2.75, 3.05) is 25.1 Å². The zero-order valence-corrected chi connectivity index (χ0v) is 11.9. The Balaban J connectivity index is 2.21. The van der Waals surface area contributed by atoms with Crippen molar-refractivity contribution in [1.82, 2.24) is 0 Å². The number of amides is 1. The predicted molar refractivity (Wildman–Crippen MR) is 78.0 cm³/mol. The first-order valence-electron chi connectivity index (χ1n) is 6.78. The average molecular weight is 304 g/mol. The summed E-state index contributed by atoms with van der Waals surface area (Å²) in [6.07, 6.45) is 0.943. The molecule has 1 aliphatic heterocycles. The Labute approximate surface area is 127 Å². The maximum absolute atomic E-state index is 11.8. The van der Waals surface area contributed by atoms with Gasteiger partial charge in [0, 0.05) is 25.8 Å². The largest absolute Gasteiger partial charge is 0.381 e. The maximum atomic E-state index is 11.8. The van der Waals surface area contributed by atoms with Crippen LogP contribution < -0.4 is 11.1 Å². The number of hydrogen-bond donors (Lipinski definition) is 2. The summed E-state index contributed by atoms with van der Waals surface area (Å²) in [4.78, 5) is 22.3. The van der Waals surface area contributed by atoms with Crippen molar-refractivity contribution in [3.8, 4) is 6.07 Å². The predicted octanol–water partition coefficient (Wildman–Crippen LogP) is 1.16. The second-order valence-corrected chi connectivity index (χ2v) is 5.21. The number of carbonyl (C=O) groups excluding carboxylic acids is 1. The highest BCUT2D eigenvalue weighted by Gasteiger charge is 2.38. The number of primary amides is 1. The molecule has 1 amide bonds. The highest BCUT2D eigenvalue weighted by atomic mass is 16.6. The van der Waals surface area contributed by atoms with Crippen molar-refractivity contribution in [1.29, 1.82) is 5.26 Å². The molecule has 8 heteroatoms. The summed E-state index contributed by atoms with van der Waals surface area (Å²) >= 11 is 0. The Morgan fingerprint density at radius 1 is 1.50 bits per heavy atom. The molecule has 0 bridgehead atoms. The van der Waals surface area contributed by atoms with Crippen LogP contribution in [-0.4, -0.2) is 30.6 Å². The van der Waals surface area contributed by atoms with E-state index in [0.717, 1.165) is 0 Å². The number of nitrogens with zero attached hydrogens (tertiary/aromatic N) is 2. The summed E-state index contributed by atoms with van der Waals surface area (Å²) in [6, 6.07) is 6.00. The molecule has 1 aliphatic rings. The topological polar surface area (TPSA) is 131 Å². The van der Waals surface area contributed by atoms with Gasteiger partial charge in [0.1, 0.15) is 5.69 Å². The summed E-state index contributed by atoms with van der Waals surface area (Å²) in [6.45, 7) is 1.05.